The summed E-state index contributed by atoms with van der Waals surface area (Å²) in [5.74, 6) is -1.27. The number of ketones is 1. The number of rotatable bonds is 2. The van der Waals surface area contributed by atoms with Gasteiger partial charge < -0.3 is 9.84 Å². The van der Waals surface area contributed by atoms with E-state index in [1.807, 2.05) is 6.92 Å². The molecule has 5 heteroatoms. The Kier molecular flexibility index (Phi) is 4.27. The Balaban J connectivity index is 2.18. The molecule has 0 saturated carbocycles. The number of Topliss-reactive ketones (excluding diaryl/α,β-unsaturated/α-hetero) is 1. The predicted molar refractivity (Wildman–Crippen MR) is 94.5 cm³/mol. The van der Waals surface area contributed by atoms with Crippen LogP contribution in [0.25, 0.3) is 0 Å². The molecule has 0 bridgehead atoms. The SMILES string of the molecule is COC(=O)C1C(C)=NC2=C(C(=O)CC(C)(C)C2)[C@@H]1c1ccc(O)cc1. The lowest BCUT2D eigenvalue weighted by molar-refractivity contribution is -0.143. The number of ether oxygens (including phenoxy) is 1. The van der Waals surface area contributed by atoms with Gasteiger partial charge in [-0.1, -0.05) is 26.0 Å². The van der Waals surface area contributed by atoms with Crippen molar-refractivity contribution in [2.24, 2.45) is 16.3 Å². The van der Waals surface area contributed by atoms with E-state index >= 15 is 0 Å². The zero-order chi connectivity index (χ0) is 18.4. The lowest BCUT2D eigenvalue weighted by atomic mass is 9.67. The number of phenols is 1. The first kappa shape index (κ1) is 17.4. The van der Waals surface area contributed by atoms with E-state index in [0.717, 1.165) is 11.3 Å². The molecule has 2 aliphatic rings. The van der Waals surface area contributed by atoms with Gasteiger partial charge >= 0.3 is 5.97 Å². The van der Waals surface area contributed by atoms with Crippen LogP contribution >= 0.6 is 0 Å². The number of aromatic hydroxyl groups is 1. The number of hydrogen-bond donors (Lipinski definition) is 1. The van der Waals surface area contributed by atoms with Gasteiger partial charge in [0.05, 0.1) is 7.11 Å². The third-order valence-electron chi connectivity index (χ3n) is 5.01. The summed E-state index contributed by atoms with van der Waals surface area (Å²) < 4.78 is 4.99. The molecule has 1 heterocycles. The van der Waals surface area contributed by atoms with Gasteiger partial charge in [0.25, 0.3) is 0 Å². The van der Waals surface area contributed by atoms with Gasteiger partial charge in [-0.3, -0.25) is 14.6 Å². The average Bonchev–Trinajstić information content (AvgIpc) is 2.52. The molecule has 1 aromatic rings. The standard InChI is InChI=1S/C20H23NO4/c1-11-16(19(24)25-4)17(12-5-7-13(22)8-6-12)18-14(21-11)9-20(2,3)10-15(18)23/h5-8,16-17,22H,9-10H2,1-4H3/t16?,17-/m1/s1. The van der Waals surface area contributed by atoms with Gasteiger partial charge in [0, 0.05) is 29.3 Å². The van der Waals surface area contributed by atoms with Crippen molar-refractivity contribution in [3.8, 4) is 5.75 Å². The lowest BCUT2D eigenvalue weighted by Gasteiger charge is -2.38. The normalized spacial score (nSPS) is 25.3. The van der Waals surface area contributed by atoms with E-state index in [-0.39, 0.29) is 16.9 Å². The summed E-state index contributed by atoms with van der Waals surface area (Å²) in [5, 5.41) is 9.59. The van der Waals surface area contributed by atoms with Crippen molar-refractivity contribution in [2.45, 2.75) is 39.5 Å². The van der Waals surface area contributed by atoms with Crippen molar-refractivity contribution in [3.63, 3.8) is 0 Å². The molecule has 0 saturated heterocycles. The van der Waals surface area contributed by atoms with E-state index in [0.29, 0.717) is 24.1 Å². The van der Waals surface area contributed by atoms with Gasteiger partial charge in [0.2, 0.25) is 0 Å². The summed E-state index contributed by atoms with van der Waals surface area (Å²) in [6.07, 6.45) is 1.14. The van der Waals surface area contributed by atoms with Crippen LogP contribution in [0.1, 0.15) is 45.1 Å². The second-order valence-electron chi connectivity index (χ2n) is 7.62. The Hall–Kier alpha value is -2.43. The molecule has 25 heavy (non-hydrogen) atoms. The number of phenolic OH excluding ortho intramolecular Hbond substituents is 1. The Bertz CT molecular complexity index is 786. The molecule has 1 N–H and O–H groups in total. The van der Waals surface area contributed by atoms with Crippen molar-refractivity contribution in [1.29, 1.82) is 0 Å². The Morgan fingerprint density at radius 2 is 1.88 bits per heavy atom. The van der Waals surface area contributed by atoms with Gasteiger partial charge in [0.15, 0.2) is 5.78 Å². The molecular formula is C20H23NO4. The van der Waals surface area contributed by atoms with E-state index in [1.165, 1.54) is 7.11 Å². The van der Waals surface area contributed by atoms with Crippen LogP contribution in [0.15, 0.2) is 40.5 Å². The van der Waals surface area contributed by atoms with Crippen LogP contribution in [0.5, 0.6) is 5.75 Å². The maximum atomic E-state index is 12.9. The molecule has 1 aliphatic carbocycles. The highest BCUT2D eigenvalue weighted by Gasteiger charge is 2.45. The minimum Gasteiger partial charge on any atom is -0.508 e. The summed E-state index contributed by atoms with van der Waals surface area (Å²) in [4.78, 5) is 30.0. The Labute approximate surface area is 147 Å². The van der Waals surface area contributed by atoms with Gasteiger partial charge in [-0.15, -0.1) is 0 Å². The molecule has 2 atom stereocenters. The number of hydrogen-bond acceptors (Lipinski definition) is 5. The first-order chi connectivity index (χ1) is 11.7. The molecule has 5 nitrogen and oxygen atoms in total. The van der Waals surface area contributed by atoms with E-state index in [9.17, 15) is 14.7 Å². The van der Waals surface area contributed by atoms with Crippen molar-refractivity contribution < 1.29 is 19.4 Å². The van der Waals surface area contributed by atoms with E-state index < -0.39 is 17.8 Å². The lowest BCUT2D eigenvalue weighted by Crippen LogP contribution is -2.39. The van der Waals surface area contributed by atoms with Crippen molar-refractivity contribution in [1.82, 2.24) is 0 Å². The molecule has 3 rings (SSSR count). The highest BCUT2D eigenvalue weighted by molar-refractivity contribution is 6.09. The van der Waals surface area contributed by atoms with Crippen molar-refractivity contribution in [3.05, 3.63) is 41.1 Å². The first-order valence-corrected chi connectivity index (χ1v) is 8.42. The maximum Gasteiger partial charge on any atom is 0.315 e. The van der Waals surface area contributed by atoms with Crippen LogP contribution in [0.3, 0.4) is 0 Å². The molecular weight excluding hydrogens is 318 g/mol. The van der Waals surface area contributed by atoms with Crippen molar-refractivity contribution in [2.75, 3.05) is 7.11 Å². The van der Waals surface area contributed by atoms with Gasteiger partial charge in [-0.25, -0.2) is 0 Å². The van der Waals surface area contributed by atoms with Gasteiger partial charge in [-0.05, 0) is 36.5 Å². The Morgan fingerprint density at radius 3 is 2.48 bits per heavy atom. The molecule has 0 spiro atoms. The van der Waals surface area contributed by atoms with Gasteiger partial charge in [-0.2, -0.15) is 0 Å². The number of carbonyl (C=O) groups excluding carboxylic acids is 2. The molecule has 0 fully saturated rings. The fraction of sp³-hybridized carbons (Fsp3) is 0.450. The summed E-state index contributed by atoms with van der Waals surface area (Å²) >= 11 is 0. The number of methoxy groups -OCH3 is 1. The fourth-order valence-electron chi connectivity index (χ4n) is 3.92. The highest BCUT2D eigenvalue weighted by atomic mass is 16.5. The van der Waals surface area contributed by atoms with Crippen LogP contribution in [-0.4, -0.2) is 29.7 Å². The summed E-state index contributed by atoms with van der Waals surface area (Å²) in [5.41, 5.74) is 2.72. The predicted octanol–water partition coefficient (Wildman–Crippen LogP) is 3.38. The number of aliphatic imine (C=N–C) groups is 1. The topological polar surface area (TPSA) is 76.0 Å². The number of allylic oxidation sites excluding steroid dienone is 2. The van der Waals surface area contributed by atoms with Crippen LogP contribution in [-0.2, 0) is 14.3 Å². The monoisotopic (exact) mass is 341 g/mol. The van der Waals surface area contributed by atoms with Crippen molar-refractivity contribution >= 4 is 17.5 Å². The number of nitrogens with zero attached hydrogens (tertiary/aromatic N) is 1. The first-order valence-electron chi connectivity index (χ1n) is 8.42. The second kappa shape index (κ2) is 6.14. The molecule has 0 amide bonds. The average molecular weight is 341 g/mol. The van der Waals surface area contributed by atoms with Crippen LogP contribution < -0.4 is 0 Å². The van der Waals surface area contributed by atoms with Crippen LogP contribution in [0.2, 0.25) is 0 Å². The van der Waals surface area contributed by atoms with Gasteiger partial charge in [0.1, 0.15) is 11.7 Å². The zero-order valence-corrected chi connectivity index (χ0v) is 15.0. The summed E-state index contributed by atoms with van der Waals surface area (Å²) in [6, 6.07) is 6.66. The molecule has 0 radical (unpaired) electrons. The Morgan fingerprint density at radius 1 is 1.24 bits per heavy atom. The number of carbonyl (C=O) groups is 2. The molecule has 0 aromatic heterocycles. The third kappa shape index (κ3) is 3.11. The molecule has 132 valence electrons. The quantitative estimate of drug-likeness (QED) is 0.837. The summed E-state index contributed by atoms with van der Waals surface area (Å²) in [6.45, 7) is 5.92. The molecule has 1 aromatic carbocycles. The number of esters is 1. The van der Waals surface area contributed by atoms with Crippen LogP contribution in [0.4, 0.5) is 0 Å². The fourth-order valence-corrected chi connectivity index (χ4v) is 3.92. The smallest absolute Gasteiger partial charge is 0.315 e. The maximum absolute atomic E-state index is 12.9. The largest absolute Gasteiger partial charge is 0.508 e. The van der Waals surface area contributed by atoms with E-state index in [1.54, 1.807) is 24.3 Å². The minimum atomic E-state index is -0.626. The number of benzene rings is 1. The highest BCUT2D eigenvalue weighted by Crippen LogP contribution is 2.47. The second-order valence-corrected chi connectivity index (χ2v) is 7.62. The minimum absolute atomic E-state index is 0.0366. The van der Waals surface area contributed by atoms with E-state index in [4.69, 9.17) is 4.74 Å². The third-order valence-corrected chi connectivity index (χ3v) is 5.01. The molecule has 1 unspecified atom stereocenters. The van der Waals surface area contributed by atoms with Crippen LogP contribution in [0, 0.1) is 11.3 Å². The van der Waals surface area contributed by atoms with E-state index in [2.05, 4.69) is 18.8 Å². The zero-order valence-electron chi connectivity index (χ0n) is 15.0. The molecule has 1 aliphatic heterocycles. The summed E-state index contributed by atoms with van der Waals surface area (Å²) in [7, 11) is 1.35.